The highest BCUT2D eigenvalue weighted by Gasteiger charge is 2.23. The quantitative estimate of drug-likeness (QED) is 0.585. The Hall–Kier alpha value is -2.42. The lowest BCUT2D eigenvalue weighted by molar-refractivity contribution is -0.147. The number of amides is 1. The number of ether oxygens (including phenoxy) is 1. The molecule has 0 spiro atoms. The van der Waals surface area contributed by atoms with E-state index in [0.717, 1.165) is 5.56 Å². The minimum absolute atomic E-state index is 0.00492. The fraction of sp³-hybridized carbons (Fsp3) is 0.300. The van der Waals surface area contributed by atoms with Gasteiger partial charge in [-0.1, -0.05) is 41.9 Å². The number of benzene rings is 2. The zero-order valence-electron chi connectivity index (χ0n) is 16.1. The van der Waals surface area contributed by atoms with Crippen LogP contribution < -0.4 is 10.0 Å². The molecular formula is C20H23ClN2O5S. The summed E-state index contributed by atoms with van der Waals surface area (Å²) >= 11 is 6.07. The molecule has 0 aliphatic carbocycles. The van der Waals surface area contributed by atoms with Crippen LogP contribution in [0.25, 0.3) is 0 Å². The lowest BCUT2D eigenvalue weighted by Crippen LogP contribution is -2.35. The Morgan fingerprint density at radius 3 is 2.45 bits per heavy atom. The first-order chi connectivity index (χ1) is 13.8. The second-order valence-corrected chi connectivity index (χ2v) is 8.49. The molecule has 0 fully saturated rings. The summed E-state index contributed by atoms with van der Waals surface area (Å²) in [5.74, 6) is -1.59. The van der Waals surface area contributed by atoms with Gasteiger partial charge in [0.15, 0.2) is 0 Å². The molecule has 2 N–H and O–H groups in total. The zero-order valence-corrected chi connectivity index (χ0v) is 17.7. The molecule has 0 radical (unpaired) electrons. The van der Waals surface area contributed by atoms with Crippen LogP contribution in [0.15, 0.2) is 53.4 Å². The van der Waals surface area contributed by atoms with Crippen LogP contribution in [0.3, 0.4) is 0 Å². The van der Waals surface area contributed by atoms with Crippen molar-refractivity contribution < 1.29 is 22.7 Å². The Bertz CT molecular complexity index is 964. The van der Waals surface area contributed by atoms with Crippen molar-refractivity contribution in [3.05, 3.63) is 64.7 Å². The van der Waals surface area contributed by atoms with E-state index in [1.807, 2.05) is 30.3 Å². The van der Waals surface area contributed by atoms with Gasteiger partial charge in [0, 0.05) is 6.54 Å². The number of rotatable bonds is 9. The van der Waals surface area contributed by atoms with Gasteiger partial charge in [-0.15, -0.1) is 0 Å². The van der Waals surface area contributed by atoms with Crippen molar-refractivity contribution >= 4 is 33.5 Å². The van der Waals surface area contributed by atoms with Gasteiger partial charge >= 0.3 is 5.97 Å². The van der Waals surface area contributed by atoms with E-state index in [4.69, 9.17) is 16.3 Å². The first kappa shape index (κ1) is 22.9. The fourth-order valence-electron chi connectivity index (χ4n) is 2.67. The molecule has 0 saturated heterocycles. The van der Waals surface area contributed by atoms with Crippen molar-refractivity contribution in [2.75, 3.05) is 20.2 Å². The molecule has 29 heavy (non-hydrogen) atoms. The van der Waals surface area contributed by atoms with Crippen molar-refractivity contribution in [1.82, 2.24) is 10.0 Å². The molecule has 0 bridgehead atoms. The third kappa shape index (κ3) is 6.28. The minimum Gasteiger partial charge on any atom is -0.466 e. The summed E-state index contributed by atoms with van der Waals surface area (Å²) in [6, 6.07) is 13.2. The van der Waals surface area contributed by atoms with Gasteiger partial charge in [0.25, 0.3) is 5.91 Å². The van der Waals surface area contributed by atoms with Gasteiger partial charge in [-0.25, -0.2) is 13.1 Å². The molecule has 1 amide bonds. The second-order valence-electron chi connectivity index (χ2n) is 6.20. The molecule has 1 unspecified atom stereocenters. The Morgan fingerprint density at radius 1 is 1.14 bits per heavy atom. The first-order valence-electron chi connectivity index (χ1n) is 9.00. The van der Waals surface area contributed by atoms with E-state index in [2.05, 4.69) is 10.0 Å². The number of hydrogen-bond donors (Lipinski definition) is 2. The molecule has 2 rings (SSSR count). The molecule has 7 nitrogen and oxygen atoms in total. The van der Waals surface area contributed by atoms with Crippen LogP contribution in [-0.2, 0) is 26.0 Å². The highest BCUT2D eigenvalue weighted by atomic mass is 35.5. The lowest BCUT2D eigenvalue weighted by Gasteiger charge is -2.17. The van der Waals surface area contributed by atoms with E-state index in [1.165, 1.54) is 25.2 Å². The Kier molecular flexibility index (Phi) is 8.19. The predicted molar refractivity (Wildman–Crippen MR) is 110 cm³/mol. The van der Waals surface area contributed by atoms with Gasteiger partial charge in [-0.2, -0.15) is 0 Å². The average Bonchev–Trinajstić information content (AvgIpc) is 2.71. The summed E-state index contributed by atoms with van der Waals surface area (Å²) in [7, 11) is -2.45. The van der Waals surface area contributed by atoms with Crippen LogP contribution in [-0.4, -0.2) is 40.5 Å². The van der Waals surface area contributed by atoms with Crippen LogP contribution in [0, 0.1) is 5.92 Å². The van der Waals surface area contributed by atoms with E-state index in [1.54, 1.807) is 6.92 Å². The minimum atomic E-state index is -3.73. The number of carbonyl (C=O) groups excluding carboxylic acids is 2. The van der Waals surface area contributed by atoms with E-state index in [0.29, 0.717) is 6.42 Å². The number of sulfonamides is 1. The summed E-state index contributed by atoms with van der Waals surface area (Å²) in [5, 5.41) is 2.76. The van der Waals surface area contributed by atoms with Gasteiger partial charge in [0.05, 0.1) is 28.0 Å². The molecule has 0 aliphatic rings. The van der Waals surface area contributed by atoms with Gasteiger partial charge < -0.3 is 10.1 Å². The van der Waals surface area contributed by atoms with Crippen LogP contribution in [0.1, 0.15) is 22.8 Å². The molecule has 1 atom stereocenters. The van der Waals surface area contributed by atoms with Crippen LogP contribution in [0.2, 0.25) is 5.02 Å². The molecule has 156 valence electrons. The third-order valence-electron chi connectivity index (χ3n) is 4.22. The molecule has 0 aromatic heterocycles. The standard InChI is InChI=1S/C20H23ClN2O5S/c1-3-28-20(25)15(11-14-7-5-4-6-8-14)13-23-19(24)17-12-16(9-10-18(17)21)29(26,27)22-2/h4-10,12,15,22H,3,11,13H2,1-2H3,(H,23,24). The summed E-state index contributed by atoms with van der Waals surface area (Å²) < 4.78 is 31.2. The maximum absolute atomic E-state index is 12.6. The Morgan fingerprint density at radius 2 is 1.83 bits per heavy atom. The topological polar surface area (TPSA) is 102 Å². The lowest BCUT2D eigenvalue weighted by atomic mass is 9.99. The fourth-order valence-corrected chi connectivity index (χ4v) is 3.63. The summed E-state index contributed by atoms with van der Waals surface area (Å²) in [6.45, 7) is 1.96. The summed E-state index contributed by atoms with van der Waals surface area (Å²) in [5.41, 5.74) is 0.935. The normalized spacial score (nSPS) is 12.2. The molecule has 2 aromatic rings. The van der Waals surface area contributed by atoms with Gasteiger partial charge in [0.2, 0.25) is 10.0 Å². The molecular weight excluding hydrogens is 416 g/mol. The van der Waals surface area contributed by atoms with Gasteiger partial charge in [-0.3, -0.25) is 9.59 Å². The summed E-state index contributed by atoms with van der Waals surface area (Å²) in [4.78, 5) is 24.8. The number of esters is 1. The highest BCUT2D eigenvalue weighted by molar-refractivity contribution is 7.89. The zero-order chi connectivity index (χ0) is 21.4. The largest absolute Gasteiger partial charge is 0.466 e. The van der Waals surface area contributed by atoms with Gasteiger partial charge in [0.1, 0.15) is 0 Å². The number of halogens is 1. The van der Waals surface area contributed by atoms with Crippen LogP contribution in [0.5, 0.6) is 0 Å². The van der Waals surface area contributed by atoms with Crippen LogP contribution >= 0.6 is 11.6 Å². The van der Waals surface area contributed by atoms with E-state index < -0.39 is 27.8 Å². The number of nitrogens with one attached hydrogen (secondary N) is 2. The second kappa shape index (κ2) is 10.4. The monoisotopic (exact) mass is 438 g/mol. The molecule has 2 aromatic carbocycles. The average molecular weight is 439 g/mol. The van der Waals surface area contributed by atoms with Crippen molar-refractivity contribution in [2.24, 2.45) is 5.92 Å². The van der Waals surface area contributed by atoms with Crippen molar-refractivity contribution in [1.29, 1.82) is 0 Å². The molecule has 9 heteroatoms. The maximum Gasteiger partial charge on any atom is 0.311 e. The SMILES string of the molecule is CCOC(=O)C(CNC(=O)c1cc(S(=O)(=O)NC)ccc1Cl)Cc1ccccc1. The smallest absolute Gasteiger partial charge is 0.311 e. The van der Waals surface area contributed by atoms with Gasteiger partial charge in [-0.05, 0) is 44.2 Å². The first-order valence-corrected chi connectivity index (χ1v) is 10.9. The highest BCUT2D eigenvalue weighted by Crippen LogP contribution is 2.20. The molecule has 0 saturated carbocycles. The Balaban J connectivity index is 2.17. The Labute approximate surface area is 175 Å². The van der Waals surface area contributed by atoms with Crippen molar-refractivity contribution in [3.63, 3.8) is 0 Å². The molecule has 0 aliphatic heterocycles. The van der Waals surface area contributed by atoms with Crippen LogP contribution in [0.4, 0.5) is 0 Å². The third-order valence-corrected chi connectivity index (χ3v) is 5.96. The van der Waals surface area contributed by atoms with E-state index >= 15 is 0 Å². The van der Waals surface area contributed by atoms with E-state index in [9.17, 15) is 18.0 Å². The number of hydrogen-bond acceptors (Lipinski definition) is 5. The van der Waals surface area contributed by atoms with E-state index in [-0.39, 0.29) is 28.6 Å². The summed E-state index contributed by atoms with van der Waals surface area (Å²) in [6.07, 6.45) is 0.391. The maximum atomic E-state index is 12.6. The van der Waals surface area contributed by atoms with Crippen molar-refractivity contribution in [2.45, 2.75) is 18.2 Å². The number of carbonyl (C=O) groups is 2. The van der Waals surface area contributed by atoms with Crippen molar-refractivity contribution in [3.8, 4) is 0 Å². The molecule has 0 heterocycles. The predicted octanol–water partition coefficient (Wildman–Crippen LogP) is 2.40.